The highest BCUT2D eigenvalue weighted by molar-refractivity contribution is 5.89. The Labute approximate surface area is 280 Å². The van der Waals surface area contributed by atoms with Crippen LogP contribution in [0.4, 0.5) is 0 Å². The molecule has 1 aromatic rings. The highest BCUT2D eigenvalue weighted by Gasteiger charge is 2.05. The molecular weight excluding hydrogens is 588 g/mol. The number of hydrogen-bond acceptors (Lipinski definition) is 9. The summed E-state index contributed by atoms with van der Waals surface area (Å²) in [5, 5.41) is 0. The molecule has 0 heterocycles. The Balaban J connectivity index is 1.63. The molecule has 0 fully saturated rings. The standard InChI is InChI=1S/C37H66O9/c1-2-3-4-5-6-7-8-9-10-11-12-13-14-18-21-39-22-23-40-24-25-41-26-27-42-28-29-43-30-31-44-32-33-45-34-35-46-37(38)36-19-16-15-17-20-36/h15-17,19-20H,2-14,18,21-35H2,1H3. The number of esters is 1. The Bertz CT molecular complexity index is 735. The molecular formula is C37H66O9. The maximum Gasteiger partial charge on any atom is 0.338 e. The van der Waals surface area contributed by atoms with E-state index >= 15 is 0 Å². The van der Waals surface area contributed by atoms with Crippen molar-refractivity contribution in [1.29, 1.82) is 0 Å². The first-order chi connectivity index (χ1) is 22.8. The number of rotatable bonds is 37. The Morgan fingerprint density at radius 1 is 0.391 bits per heavy atom. The highest BCUT2D eigenvalue weighted by Crippen LogP contribution is 2.13. The van der Waals surface area contributed by atoms with Crippen LogP contribution in [0.3, 0.4) is 0 Å². The van der Waals surface area contributed by atoms with E-state index in [1.54, 1.807) is 24.3 Å². The van der Waals surface area contributed by atoms with Gasteiger partial charge in [0.1, 0.15) is 6.61 Å². The van der Waals surface area contributed by atoms with E-state index in [4.69, 9.17) is 37.9 Å². The first-order valence-electron chi connectivity index (χ1n) is 18.1. The number of ether oxygens (including phenoxy) is 8. The zero-order valence-electron chi connectivity index (χ0n) is 29.1. The summed E-state index contributed by atoms with van der Waals surface area (Å²) < 4.78 is 43.7. The molecule has 0 atom stereocenters. The molecule has 1 aromatic carbocycles. The molecule has 0 aliphatic carbocycles. The average Bonchev–Trinajstić information content (AvgIpc) is 3.08. The van der Waals surface area contributed by atoms with Gasteiger partial charge in [-0.25, -0.2) is 4.79 Å². The zero-order valence-corrected chi connectivity index (χ0v) is 29.1. The molecule has 0 aromatic heterocycles. The molecule has 0 aliphatic rings. The summed E-state index contributed by atoms with van der Waals surface area (Å²) in [7, 11) is 0. The van der Waals surface area contributed by atoms with Crippen LogP contribution in [0.1, 0.15) is 107 Å². The summed E-state index contributed by atoms with van der Waals surface area (Å²) in [5.41, 5.74) is 0.534. The van der Waals surface area contributed by atoms with Gasteiger partial charge in [0.05, 0.1) is 91.5 Å². The predicted molar refractivity (Wildman–Crippen MR) is 183 cm³/mol. The quantitative estimate of drug-likeness (QED) is 0.0536. The molecule has 0 N–H and O–H groups in total. The Hall–Kier alpha value is -1.59. The van der Waals surface area contributed by atoms with E-state index in [1.165, 1.54) is 83.5 Å². The minimum Gasteiger partial charge on any atom is -0.460 e. The predicted octanol–water partition coefficient (Wildman–Crippen LogP) is 7.44. The molecule has 1 rings (SSSR count). The van der Waals surface area contributed by atoms with Crippen molar-refractivity contribution in [2.45, 2.75) is 96.8 Å². The van der Waals surface area contributed by atoms with Gasteiger partial charge in [0.15, 0.2) is 0 Å². The van der Waals surface area contributed by atoms with Crippen molar-refractivity contribution in [2.24, 2.45) is 0 Å². The van der Waals surface area contributed by atoms with E-state index in [0.29, 0.717) is 91.5 Å². The van der Waals surface area contributed by atoms with E-state index in [2.05, 4.69) is 6.92 Å². The Kier molecular flexibility index (Phi) is 33.4. The van der Waals surface area contributed by atoms with Gasteiger partial charge in [0.2, 0.25) is 0 Å². The molecule has 0 spiro atoms. The van der Waals surface area contributed by atoms with Crippen LogP contribution < -0.4 is 0 Å². The fourth-order valence-corrected chi connectivity index (χ4v) is 4.67. The van der Waals surface area contributed by atoms with Gasteiger partial charge >= 0.3 is 5.97 Å². The van der Waals surface area contributed by atoms with Crippen LogP contribution >= 0.6 is 0 Å². The van der Waals surface area contributed by atoms with Crippen molar-refractivity contribution in [3.8, 4) is 0 Å². The number of unbranched alkanes of at least 4 members (excludes halogenated alkanes) is 13. The normalized spacial score (nSPS) is 11.3. The molecule has 9 heteroatoms. The van der Waals surface area contributed by atoms with Crippen LogP contribution in [0, 0.1) is 0 Å². The molecule has 0 radical (unpaired) electrons. The summed E-state index contributed by atoms with van der Waals surface area (Å²) >= 11 is 0. The number of hydrogen-bond donors (Lipinski definition) is 0. The zero-order chi connectivity index (χ0) is 32.9. The summed E-state index contributed by atoms with van der Waals surface area (Å²) in [6.45, 7) is 10.0. The first-order valence-corrected chi connectivity index (χ1v) is 18.1. The molecule has 0 bridgehead atoms. The van der Waals surface area contributed by atoms with Gasteiger partial charge in [0.25, 0.3) is 0 Å². The molecule has 46 heavy (non-hydrogen) atoms. The lowest BCUT2D eigenvalue weighted by Gasteiger charge is -2.09. The average molecular weight is 655 g/mol. The monoisotopic (exact) mass is 654 g/mol. The summed E-state index contributed by atoms with van der Waals surface area (Å²) in [5.74, 6) is -0.346. The maximum atomic E-state index is 11.8. The fourth-order valence-electron chi connectivity index (χ4n) is 4.67. The van der Waals surface area contributed by atoms with Crippen LogP contribution in [0.25, 0.3) is 0 Å². The fraction of sp³-hybridized carbons (Fsp3) is 0.811. The number of benzene rings is 1. The minimum atomic E-state index is -0.346. The van der Waals surface area contributed by atoms with Crippen molar-refractivity contribution in [3.05, 3.63) is 35.9 Å². The van der Waals surface area contributed by atoms with Crippen molar-refractivity contribution in [1.82, 2.24) is 0 Å². The van der Waals surface area contributed by atoms with E-state index in [-0.39, 0.29) is 12.6 Å². The van der Waals surface area contributed by atoms with Crippen LogP contribution in [-0.4, -0.2) is 105 Å². The highest BCUT2D eigenvalue weighted by atomic mass is 16.6. The van der Waals surface area contributed by atoms with Crippen LogP contribution in [-0.2, 0) is 37.9 Å². The topological polar surface area (TPSA) is 90.9 Å². The first kappa shape index (κ1) is 42.4. The van der Waals surface area contributed by atoms with Gasteiger partial charge in [-0.2, -0.15) is 0 Å². The van der Waals surface area contributed by atoms with Gasteiger partial charge in [0, 0.05) is 6.61 Å². The second-order valence-electron chi connectivity index (χ2n) is 11.4. The van der Waals surface area contributed by atoms with Crippen molar-refractivity contribution < 1.29 is 42.7 Å². The molecule has 0 aliphatic heterocycles. The number of carbonyl (C=O) groups is 1. The van der Waals surface area contributed by atoms with E-state index in [1.807, 2.05) is 6.07 Å². The van der Waals surface area contributed by atoms with Crippen LogP contribution in [0.15, 0.2) is 30.3 Å². The summed E-state index contributed by atoms with van der Waals surface area (Å²) in [4.78, 5) is 11.8. The smallest absolute Gasteiger partial charge is 0.338 e. The molecule has 0 saturated carbocycles. The van der Waals surface area contributed by atoms with Crippen molar-refractivity contribution >= 4 is 5.97 Å². The second kappa shape index (κ2) is 36.2. The van der Waals surface area contributed by atoms with Gasteiger partial charge in [-0.05, 0) is 18.6 Å². The summed E-state index contributed by atoms with van der Waals surface area (Å²) in [6.07, 6.45) is 19.2. The van der Waals surface area contributed by atoms with Crippen molar-refractivity contribution in [3.63, 3.8) is 0 Å². The molecule has 0 amide bonds. The third-order valence-corrected chi connectivity index (χ3v) is 7.34. The largest absolute Gasteiger partial charge is 0.460 e. The molecule has 0 saturated heterocycles. The summed E-state index contributed by atoms with van der Waals surface area (Å²) in [6, 6.07) is 8.89. The Morgan fingerprint density at radius 3 is 1.07 bits per heavy atom. The van der Waals surface area contributed by atoms with Gasteiger partial charge in [-0.3, -0.25) is 0 Å². The lowest BCUT2D eigenvalue weighted by atomic mass is 10.0. The van der Waals surface area contributed by atoms with Crippen molar-refractivity contribution in [2.75, 3.05) is 99.1 Å². The molecule has 9 nitrogen and oxygen atoms in total. The second-order valence-corrected chi connectivity index (χ2v) is 11.4. The van der Waals surface area contributed by atoms with Crippen LogP contribution in [0.2, 0.25) is 0 Å². The van der Waals surface area contributed by atoms with Crippen LogP contribution in [0.5, 0.6) is 0 Å². The molecule has 268 valence electrons. The number of carbonyl (C=O) groups excluding carboxylic acids is 1. The third kappa shape index (κ3) is 31.0. The van der Waals surface area contributed by atoms with E-state index in [0.717, 1.165) is 13.0 Å². The minimum absolute atomic E-state index is 0.213. The maximum absolute atomic E-state index is 11.8. The Morgan fingerprint density at radius 2 is 0.696 bits per heavy atom. The third-order valence-electron chi connectivity index (χ3n) is 7.34. The van der Waals surface area contributed by atoms with E-state index < -0.39 is 0 Å². The van der Waals surface area contributed by atoms with Gasteiger partial charge in [-0.1, -0.05) is 109 Å². The van der Waals surface area contributed by atoms with Gasteiger partial charge in [-0.15, -0.1) is 0 Å². The lowest BCUT2D eigenvalue weighted by molar-refractivity contribution is -0.0223. The van der Waals surface area contributed by atoms with Gasteiger partial charge < -0.3 is 37.9 Å². The SMILES string of the molecule is CCCCCCCCCCCCCCCCOCCOCCOCCOCCOCCOCCOCCOC(=O)c1ccccc1. The molecule has 0 unspecified atom stereocenters. The lowest BCUT2D eigenvalue weighted by Crippen LogP contribution is -2.15. The van der Waals surface area contributed by atoms with E-state index in [9.17, 15) is 4.79 Å².